The number of fused-ring (bicyclic) bond motifs is 1. The molecule has 1 aliphatic rings. The van der Waals surface area contributed by atoms with Crippen LogP contribution in [0, 0.1) is 13.8 Å². The molecule has 0 saturated carbocycles. The van der Waals surface area contributed by atoms with E-state index in [9.17, 15) is 9.59 Å². The normalized spacial score (nSPS) is 13.0. The fourth-order valence-electron chi connectivity index (χ4n) is 3.29. The molecule has 1 N–H and O–H groups in total. The smallest absolute Gasteiger partial charge is 0.259 e. The highest BCUT2D eigenvalue weighted by atomic mass is 16.2. The van der Waals surface area contributed by atoms with Gasteiger partial charge in [0.05, 0.1) is 17.6 Å². The Kier molecular flexibility index (Phi) is 4.27. The molecule has 0 aliphatic carbocycles. The molecule has 28 heavy (non-hydrogen) atoms. The number of hydrogen-bond acceptors (Lipinski definition) is 4. The maximum Gasteiger partial charge on any atom is 0.259 e. The van der Waals surface area contributed by atoms with Crippen molar-refractivity contribution in [3.8, 4) is 5.82 Å². The summed E-state index contributed by atoms with van der Waals surface area (Å²) in [5.74, 6) is 0.138. The van der Waals surface area contributed by atoms with Gasteiger partial charge in [-0.2, -0.15) is 5.10 Å². The summed E-state index contributed by atoms with van der Waals surface area (Å²) in [6.45, 7) is 7.71. The van der Waals surface area contributed by atoms with Crippen molar-refractivity contribution in [2.75, 3.05) is 11.9 Å². The van der Waals surface area contributed by atoms with Crippen molar-refractivity contribution >= 4 is 23.2 Å². The summed E-state index contributed by atoms with van der Waals surface area (Å²) in [6, 6.07) is 12.7. The predicted octanol–water partition coefficient (Wildman–Crippen LogP) is 2.95. The van der Waals surface area contributed by atoms with Gasteiger partial charge in [-0.3, -0.25) is 14.5 Å². The number of rotatable bonds is 4. The average molecular weight is 373 g/mol. The molecular formula is C21H19N5O2. The van der Waals surface area contributed by atoms with Crippen LogP contribution in [0.25, 0.3) is 11.5 Å². The van der Waals surface area contributed by atoms with Crippen molar-refractivity contribution in [1.29, 1.82) is 0 Å². The molecule has 2 aromatic heterocycles. The fraction of sp³-hybridized carbons (Fsp3) is 0.143. The fourth-order valence-corrected chi connectivity index (χ4v) is 3.29. The molecule has 3 heterocycles. The van der Waals surface area contributed by atoms with Crippen LogP contribution in [0.2, 0.25) is 0 Å². The van der Waals surface area contributed by atoms with Gasteiger partial charge < -0.3 is 5.32 Å². The summed E-state index contributed by atoms with van der Waals surface area (Å²) in [5, 5.41) is 7.16. The van der Waals surface area contributed by atoms with E-state index in [0.717, 1.165) is 17.0 Å². The number of aromatic nitrogens is 3. The molecule has 0 fully saturated rings. The van der Waals surface area contributed by atoms with Gasteiger partial charge in [0.15, 0.2) is 5.82 Å². The van der Waals surface area contributed by atoms with Crippen LogP contribution in [0.4, 0.5) is 5.69 Å². The maximum atomic E-state index is 12.5. The van der Waals surface area contributed by atoms with E-state index in [-0.39, 0.29) is 18.4 Å². The van der Waals surface area contributed by atoms with Gasteiger partial charge in [-0.05, 0) is 38.1 Å². The first-order valence-corrected chi connectivity index (χ1v) is 8.84. The second kappa shape index (κ2) is 6.77. The van der Waals surface area contributed by atoms with Crippen LogP contribution < -0.4 is 5.32 Å². The standard InChI is InChI=1S/C21H19N5O2/c1-13-10-14(2)26(24-13)19-9-8-16(11-22-19)23-20(27)12-25-15(3)17-6-4-5-7-18(17)21(25)28/h4-11H,3,12H2,1-2H3,(H,23,27). The Bertz CT molecular complexity index is 1060. The SMILES string of the molecule is C=C1c2ccccc2C(=O)N1CC(=O)Nc1ccc(-n2nc(C)cc2C)nc1. The summed E-state index contributed by atoms with van der Waals surface area (Å²) in [5.41, 5.74) is 4.30. The number of benzene rings is 1. The third kappa shape index (κ3) is 3.07. The van der Waals surface area contributed by atoms with E-state index < -0.39 is 0 Å². The molecule has 7 heteroatoms. The molecule has 1 aliphatic heterocycles. The zero-order valence-electron chi connectivity index (χ0n) is 15.6. The molecular weight excluding hydrogens is 354 g/mol. The summed E-state index contributed by atoms with van der Waals surface area (Å²) in [7, 11) is 0. The third-order valence-corrected chi connectivity index (χ3v) is 4.60. The van der Waals surface area contributed by atoms with E-state index in [0.29, 0.717) is 22.8 Å². The number of aryl methyl sites for hydroxylation is 2. The number of nitrogens with zero attached hydrogens (tertiary/aromatic N) is 4. The monoisotopic (exact) mass is 373 g/mol. The zero-order chi connectivity index (χ0) is 19.8. The maximum absolute atomic E-state index is 12.5. The number of carbonyl (C=O) groups is 2. The minimum atomic E-state index is -0.317. The van der Waals surface area contributed by atoms with Gasteiger partial charge in [0, 0.05) is 22.5 Å². The summed E-state index contributed by atoms with van der Waals surface area (Å²) >= 11 is 0. The van der Waals surface area contributed by atoms with Crippen LogP contribution in [0.15, 0.2) is 55.2 Å². The van der Waals surface area contributed by atoms with Crippen LogP contribution in [-0.4, -0.2) is 38.0 Å². The second-order valence-electron chi connectivity index (χ2n) is 6.68. The second-order valence-corrected chi connectivity index (χ2v) is 6.68. The topological polar surface area (TPSA) is 80.1 Å². The average Bonchev–Trinajstić information content (AvgIpc) is 3.14. The highest BCUT2D eigenvalue weighted by Crippen LogP contribution is 2.30. The van der Waals surface area contributed by atoms with Crippen LogP contribution >= 0.6 is 0 Å². The molecule has 0 saturated heterocycles. The minimum absolute atomic E-state index is 0.106. The Labute approximate surface area is 162 Å². The Morgan fingerprint density at radius 1 is 1.14 bits per heavy atom. The molecule has 0 bridgehead atoms. The van der Waals surface area contributed by atoms with E-state index in [1.54, 1.807) is 35.1 Å². The Hall–Kier alpha value is -3.74. The summed E-state index contributed by atoms with van der Waals surface area (Å²) in [6.07, 6.45) is 1.57. The lowest BCUT2D eigenvalue weighted by Crippen LogP contribution is -2.32. The molecule has 3 aromatic rings. The van der Waals surface area contributed by atoms with Gasteiger partial charge in [0.25, 0.3) is 5.91 Å². The first-order valence-electron chi connectivity index (χ1n) is 8.84. The predicted molar refractivity (Wildman–Crippen MR) is 106 cm³/mol. The number of anilines is 1. The van der Waals surface area contributed by atoms with Gasteiger partial charge in [-0.15, -0.1) is 0 Å². The van der Waals surface area contributed by atoms with E-state index in [1.807, 2.05) is 32.0 Å². The van der Waals surface area contributed by atoms with Crippen LogP contribution in [0.1, 0.15) is 27.3 Å². The number of nitrogens with one attached hydrogen (secondary N) is 1. The highest BCUT2D eigenvalue weighted by molar-refractivity contribution is 6.11. The first-order chi connectivity index (χ1) is 13.4. The molecule has 0 atom stereocenters. The molecule has 140 valence electrons. The van der Waals surface area contributed by atoms with Crippen molar-refractivity contribution in [2.45, 2.75) is 13.8 Å². The first kappa shape index (κ1) is 17.7. The number of hydrogen-bond donors (Lipinski definition) is 1. The summed E-state index contributed by atoms with van der Waals surface area (Å²) in [4.78, 5) is 30.7. The highest BCUT2D eigenvalue weighted by Gasteiger charge is 2.31. The molecule has 0 unspecified atom stereocenters. The van der Waals surface area contributed by atoms with Crippen molar-refractivity contribution in [3.05, 3.63) is 77.8 Å². The van der Waals surface area contributed by atoms with Crippen molar-refractivity contribution < 1.29 is 9.59 Å². The Morgan fingerprint density at radius 2 is 1.89 bits per heavy atom. The van der Waals surface area contributed by atoms with Gasteiger partial charge >= 0.3 is 0 Å². The van der Waals surface area contributed by atoms with Crippen LogP contribution in [-0.2, 0) is 4.79 Å². The molecule has 1 aromatic carbocycles. The summed E-state index contributed by atoms with van der Waals surface area (Å²) < 4.78 is 1.74. The van der Waals surface area contributed by atoms with Crippen LogP contribution in [0.5, 0.6) is 0 Å². The van der Waals surface area contributed by atoms with Crippen LogP contribution in [0.3, 0.4) is 0 Å². The molecule has 4 rings (SSSR count). The largest absolute Gasteiger partial charge is 0.323 e. The van der Waals surface area contributed by atoms with E-state index >= 15 is 0 Å². The molecule has 0 spiro atoms. The van der Waals surface area contributed by atoms with Crippen molar-refractivity contribution in [1.82, 2.24) is 19.7 Å². The van der Waals surface area contributed by atoms with Crippen molar-refractivity contribution in [3.63, 3.8) is 0 Å². The van der Waals surface area contributed by atoms with Gasteiger partial charge in [0.1, 0.15) is 6.54 Å². The third-order valence-electron chi connectivity index (χ3n) is 4.60. The van der Waals surface area contributed by atoms with Gasteiger partial charge in [-0.1, -0.05) is 24.8 Å². The molecule has 2 amide bonds. The molecule has 7 nitrogen and oxygen atoms in total. The van der Waals surface area contributed by atoms with E-state index in [1.165, 1.54) is 4.90 Å². The lowest BCUT2D eigenvalue weighted by Gasteiger charge is -2.17. The minimum Gasteiger partial charge on any atom is -0.323 e. The number of carbonyl (C=O) groups excluding carboxylic acids is 2. The van der Waals surface area contributed by atoms with Crippen molar-refractivity contribution in [2.24, 2.45) is 0 Å². The van der Waals surface area contributed by atoms with E-state index in [4.69, 9.17) is 0 Å². The Balaban J connectivity index is 1.44. The lowest BCUT2D eigenvalue weighted by atomic mass is 10.1. The Morgan fingerprint density at radius 3 is 2.50 bits per heavy atom. The number of amides is 2. The van der Waals surface area contributed by atoms with Gasteiger partial charge in [0.2, 0.25) is 5.91 Å². The quantitative estimate of drug-likeness (QED) is 0.762. The zero-order valence-corrected chi connectivity index (χ0v) is 15.6. The lowest BCUT2D eigenvalue weighted by molar-refractivity contribution is -0.116. The van der Waals surface area contributed by atoms with Gasteiger partial charge in [-0.25, -0.2) is 9.67 Å². The molecule has 0 radical (unpaired) electrons. The van der Waals surface area contributed by atoms with E-state index in [2.05, 4.69) is 22.0 Å². The number of pyridine rings is 1.